The van der Waals surface area contributed by atoms with E-state index in [-0.39, 0.29) is 28.9 Å². The first-order chi connectivity index (χ1) is 16.4. The molecule has 1 amide bonds. The molecule has 0 spiro atoms. The van der Waals surface area contributed by atoms with Crippen LogP contribution < -0.4 is 10.1 Å². The van der Waals surface area contributed by atoms with E-state index in [4.69, 9.17) is 21.1 Å². The lowest BCUT2D eigenvalue weighted by Gasteiger charge is -2.12. The van der Waals surface area contributed by atoms with Crippen molar-refractivity contribution in [1.82, 2.24) is 19.6 Å². The van der Waals surface area contributed by atoms with Crippen LogP contribution in [-0.4, -0.2) is 45.2 Å². The van der Waals surface area contributed by atoms with Gasteiger partial charge in [0.25, 0.3) is 5.91 Å². The average Bonchev–Trinajstić information content (AvgIpc) is 3.43. The Hall–Kier alpha value is -4.11. The molecule has 174 valence electrons. The molecule has 0 radical (unpaired) electrons. The van der Waals surface area contributed by atoms with E-state index in [0.717, 1.165) is 0 Å². The number of ether oxygens (including phenoxy) is 2. The van der Waals surface area contributed by atoms with Gasteiger partial charge in [-0.15, -0.1) is 0 Å². The molecule has 0 unspecified atom stereocenters. The number of hydrogen-bond acceptors (Lipinski definition) is 6. The molecule has 2 aromatic heterocycles. The summed E-state index contributed by atoms with van der Waals surface area (Å²) in [6.07, 6.45) is 1.41. The molecule has 2 aromatic carbocycles. The molecule has 1 N–H and O–H groups in total. The molecular formula is C24H22ClN5O4. The van der Waals surface area contributed by atoms with Crippen molar-refractivity contribution in [3.05, 3.63) is 77.2 Å². The molecule has 4 rings (SSSR count). The summed E-state index contributed by atoms with van der Waals surface area (Å²) in [4.78, 5) is 25.1. The Balaban J connectivity index is 1.75. The number of carbonyl (C=O) groups excluding carboxylic acids is 2. The van der Waals surface area contributed by atoms with E-state index in [2.05, 4.69) is 15.5 Å². The van der Waals surface area contributed by atoms with E-state index >= 15 is 0 Å². The second kappa shape index (κ2) is 9.80. The third-order valence-electron chi connectivity index (χ3n) is 5.03. The Labute approximate surface area is 200 Å². The number of aromatic nitrogens is 4. The molecule has 0 aliphatic heterocycles. The van der Waals surface area contributed by atoms with Crippen LogP contribution in [0.4, 0.5) is 5.69 Å². The van der Waals surface area contributed by atoms with Crippen LogP contribution in [-0.2, 0) is 11.8 Å². The number of rotatable bonds is 7. The zero-order valence-electron chi connectivity index (χ0n) is 18.8. The predicted molar refractivity (Wildman–Crippen MR) is 128 cm³/mol. The highest BCUT2D eigenvalue weighted by Gasteiger charge is 2.20. The van der Waals surface area contributed by atoms with Gasteiger partial charge in [0.15, 0.2) is 5.69 Å². The molecule has 34 heavy (non-hydrogen) atoms. The van der Waals surface area contributed by atoms with Crippen LogP contribution in [0.5, 0.6) is 5.75 Å². The fourth-order valence-corrected chi connectivity index (χ4v) is 3.59. The lowest BCUT2D eigenvalue weighted by Crippen LogP contribution is -2.12. The van der Waals surface area contributed by atoms with Gasteiger partial charge in [0, 0.05) is 18.3 Å². The maximum absolute atomic E-state index is 12.7. The minimum absolute atomic E-state index is 0.152. The number of benzene rings is 2. The first kappa shape index (κ1) is 23.1. The maximum atomic E-state index is 12.7. The number of nitrogens with one attached hydrogen (secondary N) is 1. The van der Waals surface area contributed by atoms with Crippen LogP contribution in [0.25, 0.3) is 16.9 Å². The van der Waals surface area contributed by atoms with E-state index < -0.39 is 5.97 Å². The van der Waals surface area contributed by atoms with Crippen LogP contribution in [0.3, 0.4) is 0 Å². The summed E-state index contributed by atoms with van der Waals surface area (Å²) in [7, 11) is 3.22. The molecule has 0 aliphatic carbocycles. The van der Waals surface area contributed by atoms with Crippen LogP contribution in [0.1, 0.15) is 27.8 Å². The standard InChI is InChI=1S/C24H22ClN5O4/c1-4-34-24(32)18-13-20(30(28-18)19-10-5-6-11-21(19)33-3)15-8-7-9-16(12-15)27-23(31)17-14-26-29(2)22(17)25/h5-14H,4H2,1-3H3,(H,27,31). The van der Waals surface area contributed by atoms with Crippen molar-refractivity contribution in [1.29, 1.82) is 0 Å². The fraction of sp³-hybridized carbons (Fsp3) is 0.167. The lowest BCUT2D eigenvalue weighted by atomic mass is 10.1. The van der Waals surface area contributed by atoms with Crippen molar-refractivity contribution in [3.63, 3.8) is 0 Å². The molecule has 9 nitrogen and oxygen atoms in total. The average molecular weight is 480 g/mol. The second-order valence-corrected chi connectivity index (χ2v) is 7.58. The molecule has 4 aromatic rings. The Bertz CT molecular complexity index is 1360. The Morgan fingerprint density at radius 3 is 2.62 bits per heavy atom. The first-order valence-corrected chi connectivity index (χ1v) is 10.8. The molecule has 0 saturated carbocycles. The van der Waals surface area contributed by atoms with Gasteiger partial charge < -0.3 is 14.8 Å². The Morgan fingerprint density at radius 1 is 1.12 bits per heavy atom. The number of nitrogens with zero attached hydrogens (tertiary/aromatic N) is 4. The second-order valence-electron chi connectivity index (χ2n) is 7.23. The number of aryl methyl sites for hydroxylation is 1. The SMILES string of the molecule is CCOC(=O)c1cc(-c2cccc(NC(=O)c3cnn(C)c3Cl)c2)n(-c2ccccc2OC)n1. The smallest absolute Gasteiger partial charge is 0.358 e. The summed E-state index contributed by atoms with van der Waals surface area (Å²) in [5, 5.41) is 11.5. The van der Waals surface area contributed by atoms with Crippen molar-refractivity contribution >= 4 is 29.2 Å². The summed E-state index contributed by atoms with van der Waals surface area (Å²) in [5.41, 5.74) is 2.92. The summed E-state index contributed by atoms with van der Waals surface area (Å²) in [6, 6.07) is 16.1. The number of hydrogen-bond donors (Lipinski definition) is 1. The summed E-state index contributed by atoms with van der Waals surface area (Å²) < 4.78 is 13.7. The summed E-state index contributed by atoms with van der Waals surface area (Å²) >= 11 is 6.14. The van der Waals surface area contributed by atoms with Gasteiger partial charge in [-0.2, -0.15) is 10.2 Å². The lowest BCUT2D eigenvalue weighted by molar-refractivity contribution is 0.0518. The van der Waals surface area contributed by atoms with E-state index in [1.807, 2.05) is 24.3 Å². The minimum atomic E-state index is -0.534. The quantitative estimate of drug-likeness (QED) is 0.395. The minimum Gasteiger partial charge on any atom is -0.494 e. The van der Waals surface area contributed by atoms with Crippen molar-refractivity contribution in [2.45, 2.75) is 6.92 Å². The highest BCUT2D eigenvalue weighted by molar-refractivity contribution is 6.33. The molecule has 0 saturated heterocycles. The molecule has 0 bridgehead atoms. The van der Waals surface area contributed by atoms with Gasteiger partial charge in [0.2, 0.25) is 0 Å². The van der Waals surface area contributed by atoms with Gasteiger partial charge in [-0.25, -0.2) is 9.48 Å². The van der Waals surface area contributed by atoms with Gasteiger partial charge >= 0.3 is 5.97 Å². The fourth-order valence-electron chi connectivity index (χ4n) is 3.41. The highest BCUT2D eigenvalue weighted by Crippen LogP contribution is 2.31. The Morgan fingerprint density at radius 2 is 1.91 bits per heavy atom. The van der Waals surface area contributed by atoms with Crippen LogP contribution in [0, 0.1) is 0 Å². The largest absolute Gasteiger partial charge is 0.494 e. The molecule has 2 heterocycles. The van der Waals surface area contributed by atoms with Gasteiger partial charge in [0.1, 0.15) is 16.6 Å². The van der Waals surface area contributed by atoms with Crippen molar-refractivity contribution < 1.29 is 19.1 Å². The van der Waals surface area contributed by atoms with E-state index in [0.29, 0.717) is 28.4 Å². The van der Waals surface area contributed by atoms with E-state index in [1.165, 1.54) is 10.9 Å². The number of methoxy groups -OCH3 is 1. The van der Waals surface area contributed by atoms with E-state index in [9.17, 15) is 9.59 Å². The monoisotopic (exact) mass is 479 g/mol. The number of carbonyl (C=O) groups is 2. The van der Waals surface area contributed by atoms with Crippen molar-refractivity contribution in [2.24, 2.45) is 7.05 Å². The van der Waals surface area contributed by atoms with Crippen molar-refractivity contribution in [3.8, 4) is 22.7 Å². The molecular weight excluding hydrogens is 458 g/mol. The number of esters is 1. The van der Waals surface area contributed by atoms with Crippen LogP contribution in [0.2, 0.25) is 5.15 Å². The van der Waals surface area contributed by atoms with E-state index in [1.54, 1.807) is 56.1 Å². The number of anilines is 1. The highest BCUT2D eigenvalue weighted by atomic mass is 35.5. The third-order valence-corrected chi connectivity index (χ3v) is 5.48. The summed E-state index contributed by atoms with van der Waals surface area (Å²) in [5.74, 6) is -0.341. The molecule has 10 heteroatoms. The molecule has 0 fully saturated rings. The zero-order valence-corrected chi connectivity index (χ0v) is 19.5. The van der Waals surface area contributed by atoms with Crippen molar-refractivity contribution in [2.75, 3.05) is 19.0 Å². The van der Waals surface area contributed by atoms with Crippen LogP contribution >= 0.6 is 11.6 Å². The first-order valence-electron chi connectivity index (χ1n) is 10.4. The van der Waals surface area contributed by atoms with Crippen LogP contribution in [0.15, 0.2) is 60.8 Å². The topological polar surface area (TPSA) is 100 Å². The van der Waals surface area contributed by atoms with Gasteiger partial charge in [-0.1, -0.05) is 35.9 Å². The number of amides is 1. The normalized spacial score (nSPS) is 10.7. The Kier molecular flexibility index (Phi) is 6.65. The molecule has 0 atom stereocenters. The molecule has 0 aliphatic rings. The zero-order chi connectivity index (χ0) is 24.2. The van der Waals surface area contributed by atoms with Gasteiger partial charge in [0.05, 0.1) is 31.2 Å². The maximum Gasteiger partial charge on any atom is 0.358 e. The number of halogens is 1. The van der Waals surface area contributed by atoms with Gasteiger partial charge in [-0.3, -0.25) is 9.48 Å². The third kappa shape index (κ3) is 4.51. The predicted octanol–water partition coefficient (Wildman–Crippen LogP) is 4.36. The van der Waals surface area contributed by atoms with Gasteiger partial charge in [-0.05, 0) is 37.3 Å². The number of para-hydroxylation sites is 2. The summed E-state index contributed by atoms with van der Waals surface area (Å²) in [6.45, 7) is 1.96.